The monoisotopic (exact) mass is 182 g/mol. The maximum absolute atomic E-state index is 11.0. The van der Waals surface area contributed by atoms with Gasteiger partial charge in [-0.3, -0.25) is 15.3 Å². The first-order valence-corrected chi connectivity index (χ1v) is 4.18. The van der Waals surface area contributed by atoms with Gasteiger partial charge in [0.05, 0.1) is 0 Å². The van der Waals surface area contributed by atoms with E-state index < -0.39 is 0 Å². The van der Waals surface area contributed by atoms with Gasteiger partial charge in [0.25, 0.3) is 5.91 Å². The second-order valence-corrected chi connectivity index (χ2v) is 3.35. The van der Waals surface area contributed by atoms with Crippen LogP contribution in [0.25, 0.3) is 0 Å². The molecule has 4 N–H and O–H groups in total. The number of hydrogen-bond acceptors (Lipinski definition) is 3. The van der Waals surface area contributed by atoms with Crippen molar-refractivity contribution < 1.29 is 4.79 Å². The minimum absolute atomic E-state index is 0.332. The third-order valence-electron chi connectivity index (χ3n) is 1.62. The van der Waals surface area contributed by atoms with E-state index in [1.165, 1.54) is 0 Å². The standard InChI is InChI=1S/C8H14N4O/c1-5(2)3-6-4-7(12-11-6)8(13)10-9/h4-5H,3,9H2,1-2H3,(H,10,13)(H,11,12). The SMILES string of the molecule is CC(C)Cc1cc(C(=O)NN)n[nH]1. The fourth-order valence-corrected chi connectivity index (χ4v) is 1.10. The van der Waals surface area contributed by atoms with E-state index in [0.717, 1.165) is 12.1 Å². The van der Waals surface area contributed by atoms with Gasteiger partial charge in [-0.15, -0.1) is 0 Å². The number of hydrazine groups is 1. The molecule has 72 valence electrons. The zero-order valence-corrected chi connectivity index (χ0v) is 7.79. The van der Waals surface area contributed by atoms with Crippen molar-refractivity contribution in [3.63, 3.8) is 0 Å². The Morgan fingerprint density at radius 3 is 3.00 bits per heavy atom. The van der Waals surface area contributed by atoms with Crippen molar-refractivity contribution in [3.05, 3.63) is 17.5 Å². The van der Waals surface area contributed by atoms with E-state index in [0.29, 0.717) is 11.6 Å². The van der Waals surface area contributed by atoms with Gasteiger partial charge in [0.2, 0.25) is 0 Å². The van der Waals surface area contributed by atoms with Gasteiger partial charge in [-0.25, -0.2) is 5.84 Å². The molecule has 0 aliphatic carbocycles. The predicted molar refractivity (Wildman–Crippen MR) is 48.8 cm³/mol. The number of H-pyrrole nitrogens is 1. The van der Waals surface area contributed by atoms with Crippen LogP contribution in [0.3, 0.4) is 0 Å². The maximum Gasteiger partial charge on any atom is 0.285 e. The predicted octanol–water partition coefficient (Wildman–Crippen LogP) is 0.212. The molecule has 1 heterocycles. The first kappa shape index (κ1) is 9.73. The summed E-state index contributed by atoms with van der Waals surface area (Å²) in [6, 6.07) is 1.71. The molecule has 1 amide bonds. The molecule has 0 aliphatic heterocycles. The number of nitrogens with zero attached hydrogens (tertiary/aromatic N) is 1. The first-order chi connectivity index (χ1) is 6.13. The van der Waals surface area contributed by atoms with Crippen molar-refractivity contribution in [2.45, 2.75) is 20.3 Å². The number of rotatable bonds is 3. The lowest BCUT2D eigenvalue weighted by Gasteiger charge is -1.98. The largest absolute Gasteiger partial charge is 0.289 e. The third kappa shape index (κ3) is 2.55. The highest BCUT2D eigenvalue weighted by molar-refractivity contribution is 5.91. The van der Waals surface area contributed by atoms with E-state index in [-0.39, 0.29) is 5.91 Å². The maximum atomic E-state index is 11.0. The number of nitrogens with one attached hydrogen (secondary N) is 2. The number of hydrogen-bond donors (Lipinski definition) is 3. The Bertz CT molecular complexity index is 292. The first-order valence-electron chi connectivity index (χ1n) is 4.18. The summed E-state index contributed by atoms with van der Waals surface area (Å²) in [5.41, 5.74) is 3.31. The summed E-state index contributed by atoms with van der Waals surface area (Å²) in [5.74, 6) is 5.13. The van der Waals surface area contributed by atoms with Gasteiger partial charge >= 0.3 is 0 Å². The van der Waals surface area contributed by atoms with Crippen LogP contribution in [-0.2, 0) is 6.42 Å². The minimum atomic E-state index is -0.369. The van der Waals surface area contributed by atoms with E-state index in [4.69, 9.17) is 5.84 Å². The lowest BCUT2D eigenvalue weighted by atomic mass is 10.1. The summed E-state index contributed by atoms with van der Waals surface area (Å²) in [4.78, 5) is 11.0. The third-order valence-corrected chi connectivity index (χ3v) is 1.62. The number of nitrogens with two attached hydrogens (primary N) is 1. The van der Waals surface area contributed by atoms with Crippen molar-refractivity contribution >= 4 is 5.91 Å². The number of amides is 1. The molecule has 1 aromatic rings. The molecule has 1 rings (SSSR count). The van der Waals surface area contributed by atoms with Crippen LogP contribution in [0.5, 0.6) is 0 Å². The Morgan fingerprint density at radius 2 is 2.46 bits per heavy atom. The second-order valence-electron chi connectivity index (χ2n) is 3.35. The number of aromatic amines is 1. The Balaban J connectivity index is 2.69. The number of carbonyl (C=O) groups excluding carboxylic acids is 1. The molecule has 0 fully saturated rings. The molecule has 5 nitrogen and oxygen atoms in total. The lowest BCUT2D eigenvalue weighted by Crippen LogP contribution is -2.30. The minimum Gasteiger partial charge on any atom is -0.289 e. The highest BCUT2D eigenvalue weighted by Crippen LogP contribution is 2.06. The molecule has 0 aromatic carbocycles. The Kier molecular flexibility index (Phi) is 3.02. The van der Waals surface area contributed by atoms with Crippen LogP contribution in [-0.4, -0.2) is 16.1 Å². The fraction of sp³-hybridized carbons (Fsp3) is 0.500. The van der Waals surface area contributed by atoms with Gasteiger partial charge in [0, 0.05) is 5.69 Å². The van der Waals surface area contributed by atoms with Crippen molar-refractivity contribution in [2.24, 2.45) is 11.8 Å². The molecule has 0 atom stereocenters. The zero-order chi connectivity index (χ0) is 9.84. The summed E-state index contributed by atoms with van der Waals surface area (Å²) in [5, 5.41) is 6.61. The normalized spacial score (nSPS) is 10.5. The zero-order valence-electron chi connectivity index (χ0n) is 7.79. The highest BCUT2D eigenvalue weighted by atomic mass is 16.2. The van der Waals surface area contributed by atoms with Crippen molar-refractivity contribution in [2.75, 3.05) is 0 Å². The molecule has 0 unspecified atom stereocenters. The molecule has 0 saturated heterocycles. The number of nitrogen functional groups attached to an aromatic ring is 1. The van der Waals surface area contributed by atoms with Crippen LogP contribution in [0, 0.1) is 5.92 Å². The van der Waals surface area contributed by atoms with Crippen LogP contribution in [0.4, 0.5) is 0 Å². The molecule has 0 bridgehead atoms. The summed E-state index contributed by atoms with van der Waals surface area (Å²) in [6.07, 6.45) is 0.880. The van der Waals surface area contributed by atoms with Crippen molar-refractivity contribution in [3.8, 4) is 0 Å². The van der Waals surface area contributed by atoms with Gasteiger partial charge in [-0.05, 0) is 18.4 Å². The highest BCUT2D eigenvalue weighted by Gasteiger charge is 2.08. The quantitative estimate of drug-likeness (QED) is 0.355. The Morgan fingerprint density at radius 1 is 1.77 bits per heavy atom. The van der Waals surface area contributed by atoms with Crippen LogP contribution in [0.15, 0.2) is 6.07 Å². The Hall–Kier alpha value is -1.36. The molecule has 1 aromatic heterocycles. The topological polar surface area (TPSA) is 83.8 Å². The van der Waals surface area contributed by atoms with Crippen LogP contribution < -0.4 is 11.3 Å². The summed E-state index contributed by atoms with van der Waals surface area (Å²) >= 11 is 0. The molecule has 0 radical (unpaired) electrons. The molecule has 0 spiro atoms. The fourth-order valence-electron chi connectivity index (χ4n) is 1.10. The molecule has 13 heavy (non-hydrogen) atoms. The van der Waals surface area contributed by atoms with Gasteiger partial charge in [-0.1, -0.05) is 13.8 Å². The molecular weight excluding hydrogens is 168 g/mol. The van der Waals surface area contributed by atoms with Crippen molar-refractivity contribution in [1.82, 2.24) is 15.6 Å². The number of carbonyl (C=O) groups is 1. The summed E-state index contributed by atoms with van der Waals surface area (Å²) in [7, 11) is 0. The van der Waals surface area contributed by atoms with E-state index in [1.807, 2.05) is 5.43 Å². The average molecular weight is 182 g/mol. The molecular formula is C8H14N4O. The smallest absolute Gasteiger partial charge is 0.285 e. The van der Waals surface area contributed by atoms with E-state index in [9.17, 15) is 4.79 Å². The van der Waals surface area contributed by atoms with Crippen LogP contribution in [0.2, 0.25) is 0 Å². The van der Waals surface area contributed by atoms with Crippen molar-refractivity contribution in [1.29, 1.82) is 0 Å². The van der Waals surface area contributed by atoms with Gasteiger partial charge in [0.15, 0.2) is 5.69 Å². The second kappa shape index (κ2) is 4.04. The van der Waals surface area contributed by atoms with Gasteiger partial charge in [0.1, 0.15) is 0 Å². The van der Waals surface area contributed by atoms with Crippen LogP contribution in [0.1, 0.15) is 30.0 Å². The molecule has 0 aliphatic rings. The number of aromatic nitrogens is 2. The Labute approximate surface area is 76.7 Å². The summed E-state index contributed by atoms with van der Waals surface area (Å²) < 4.78 is 0. The molecule has 5 heteroatoms. The van der Waals surface area contributed by atoms with E-state index in [1.54, 1.807) is 6.07 Å². The summed E-state index contributed by atoms with van der Waals surface area (Å²) in [6.45, 7) is 4.20. The van der Waals surface area contributed by atoms with Crippen LogP contribution >= 0.6 is 0 Å². The van der Waals surface area contributed by atoms with E-state index >= 15 is 0 Å². The average Bonchev–Trinajstić information content (AvgIpc) is 2.50. The lowest BCUT2D eigenvalue weighted by molar-refractivity contribution is 0.0948. The van der Waals surface area contributed by atoms with E-state index in [2.05, 4.69) is 24.0 Å². The van der Waals surface area contributed by atoms with Gasteiger partial charge < -0.3 is 0 Å². The molecule has 0 saturated carbocycles. The van der Waals surface area contributed by atoms with Gasteiger partial charge in [-0.2, -0.15) is 5.10 Å².